The molecule has 0 aromatic heterocycles. The van der Waals surface area contributed by atoms with Crippen LogP contribution in [0.15, 0.2) is 0 Å². The second-order valence-corrected chi connectivity index (χ2v) is 8.34. The summed E-state index contributed by atoms with van der Waals surface area (Å²) in [6.45, 7) is 11.0. The molecule has 0 saturated heterocycles. The van der Waals surface area contributed by atoms with Crippen molar-refractivity contribution >= 4 is 28.6 Å². The van der Waals surface area contributed by atoms with Crippen molar-refractivity contribution in [1.29, 1.82) is 0 Å². The van der Waals surface area contributed by atoms with Crippen LogP contribution in [0.2, 0.25) is 0 Å². The average Bonchev–Trinajstić information content (AvgIpc) is 2.86. The Morgan fingerprint density at radius 2 is 0.800 bits per heavy atom. The Bertz CT molecular complexity index is 418. The molecule has 0 N–H and O–H groups in total. The minimum atomic E-state index is -0.154. The van der Waals surface area contributed by atoms with Gasteiger partial charge in [-0.15, -0.1) is 0 Å². The van der Waals surface area contributed by atoms with Gasteiger partial charge in [-0.05, 0) is 6.42 Å². The zero-order chi connectivity index (χ0) is 25.5. The van der Waals surface area contributed by atoms with Gasteiger partial charge in [-0.3, -0.25) is 4.79 Å². The molecule has 0 aliphatic carbocycles. The molecule has 0 amide bonds. The van der Waals surface area contributed by atoms with Gasteiger partial charge in [-0.1, -0.05) is 42.4 Å². The first kappa shape index (κ1) is 34.9. The van der Waals surface area contributed by atoms with Crippen LogP contribution in [0, 0.1) is 0 Å². The molecule has 0 heterocycles. The van der Waals surface area contributed by atoms with Crippen molar-refractivity contribution in [3.8, 4) is 0 Å². The number of ether oxygens (including phenoxy) is 9. The summed E-state index contributed by atoms with van der Waals surface area (Å²) in [4.78, 5) is 11.4. The third kappa shape index (κ3) is 31.9. The molecule has 35 heavy (non-hydrogen) atoms. The molecule has 10 nitrogen and oxygen atoms in total. The highest BCUT2D eigenvalue weighted by atomic mass is 127. The largest absolute Gasteiger partial charge is 0.463 e. The lowest BCUT2D eigenvalue weighted by molar-refractivity contribution is -0.145. The Morgan fingerprint density at radius 3 is 1.11 bits per heavy atom. The quantitative estimate of drug-likeness (QED) is 0.0515. The molecular weight excluding hydrogens is 575 g/mol. The Labute approximate surface area is 225 Å². The van der Waals surface area contributed by atoms with Crippen molar-refractivity contribution in [3.05, 3.63) is 0 Å². The van der Waals surface area contributed by atoms with E-state index in [1.165, 1.54) is 0 Å². The predicted octanol–water partition coefficient (Wildman–Crippen LogP) is 2.68. The van der Waals surface area contributed by atoms with Crippen molar-refractivity contribution < 1.29 is 47.4 Å². The fraction of sp³-hybridized carbons (Fsp3) is 0.958. The van der Waals surface area contributed by atoms with E-state index >= 15 is 0 Å². The molecule has 0 aliphatic heterocycles. The minimum absolute atomic E-state index is 0.154. The number of hydrogen-bond acceptors (Lipinski definition) is 10. The molecule has 0 fully saturated rings. The maximum Gasteiger partial charge on any atom is 0.305 e. The monoisotopic (exact) mass is 622 g/mol. The lowest BCUT2D eigenvalue weighted by Gasteiger charge is -2.09. The highest BCUT2D eigenvalue weighted by molar-refractivity contribution is 14.1. The van der Waals surface area contributed by atoms with Crippen LogP contribution >= 0.6 is 22.6 Å². The number of halogens is 1. The van der Waals surface area contributed by atoms with E-state index in [4.69, 9.17) is 42.6 Å². The molecule has 0 saturated carbocycles. The smallest absolute Gasteiger partial charge is 0.305 e. The van der Waals surface area contributed by atoms with E-state index in [1.54, 1.807) is 0 Å². The third-order valence-electron chi connectivity index (χ3n) is 4.30. The Balaban J connectivity index is 3.06. The average molecular weight is 623 g/mol. The number of hydrogen-bond donors (Lipinski definition) is 0. The number of esters is 1. The Hall–Kier alpha value is -0.120. The van der Waals surface area contributed by atoms with E-state index in [2.05, 4.69) is 29.5 Å². The normalized spacial score (nSPS) is 11.3. The maximum atomic E-state index is 11.4. The van der Waals surface area contributed by atoms with Crippen molar-refractivity contribution in [2.45, 2.75) is 32.6 Å². The topological polar surface area (TPSA) is 100 Å². The maximum absolute atomic E-state index is 11.4. The second kappa shape index (κ2) is 31.9. The van der Waals surface area contributed by atoms with Crippen LogP contribution in [-0.2, 0) is 47.4 Å². The van der Waals surface area contributed by atoms with Crippen LogP contribution in [0.25, 0.3) is 0 Å². The molecule has 0 atom stereocenters. The van der Waals surface area contributed by atoms with Crippen LogP contribution in [0.5, 0.6) is 0 Å². The lowest BCUT2D eigenvalue weighted by Crippen LogP contribution is -2.15. The molecule has 0 bridgehead atoms. The van der Waals surface area contributed by atoms with Gasteiger partial charge < -0.3 is 42.6 Å². The van der Waals surface area contributed by atoms with E-state index in [1.807, 2.05) is 0 Å². The van der Waals surface area contributed by atoms with Gasteiger partial charge in [-0.2, -0.15) is 0 Å². The molecular formula is C24H47IO10. The highest BCUT2D eigenvalue weighted by Gasteiger charge is 2.01. The van der Waals surface area contributed by atoms with Crippen molar-refractivity contribution in [2.75, 3.05) is 117 Å². The standard InChI is InChI=1S/C24H47IO10/c1-2-3-4-5-24(26)35-23-22-34-21-20-33-19-18-32-17-16-31-15-14-30-13-12-29-11-10-28-9-8-27-7-6-25/h2-23H2,1H3. The summed E-state index contributed by atoms with van der Waals surface area (Å²) in [7, 11) is 0. The summed E-state index contributed by atoms with van der Waals surface area (Å²) >= 11 is 2.27. The van der Waals surface area contributed by atoms with E-state index in [-0.39, 0.29) is 12.6 Å². The summed E-state index contributed by atoms with van der Waals surface area (Å²) in [5.74, 6) is -0.154. The van der Waals surface area contributed by atoms with Crippen LogP contribution in [0.3, 0.4) is 0 Å². The van der Waals surface area contributed by atoms with Gasteiger partial charge in [0.2, 0.25) is 0 Å². The van der Waals surface area contributed by atoms with Crippen LogP contribution < -0.4 is 0 Å². The van der Waals surface area contributed by atoms with Crippen molar-refractivity contribution in [3.63, 3.8) is 0 Å². The summed E-state index contributed by atoms with van der Waals surface area (Å²) in [5, 5.41) is 0. The van der Waals surface area contributed by atoms with Gasteiger partial charge in [0.25, 0.3) is 0 Å². The molecule has 0 unspecified atom stereocenters. The third-order valence-corrected chi connectivity index (χ3v) is 4.74. The first-order valence-electron chi connectivity index (χ1n) is 12.6. The molecule has 0 aliphatic rings. The van der Waals surface area contributed by atoms with Gasteiger partial charge in [0.05, 0.1) is 106 Å². The van der Waals surface area contributed by atoms with Gasteiger partial charge in [0, 0.05) is 10.8 Å². The summed E-state index contributed by atoms with van der Waals surface area (Å²) < 4.78 is 49.3. The molecule has 210 valence electrons. The summed E-state index contributed by atoms with van der Waals surface area (Å²) in [5.41, 5.74) is 0. The molecule has 0 aromatic rings. The van der Waals surface area contributed by atoms with Gasteiger partial charge in [0.15, 0.2) is 0 Å². The van der Waals surface area contributed by atoms with E-state index in [0.717, 1.165) is 30.3 Å². The number of alkyl halides is 1. The number of carbonyl (C=O) groups is 1. The molecule has 0 aromatic carbocycles. The predicted molar refractivity (Wildman–Crippen MR) is 141 cm³/mol. The Morgan fingerprint density at radius 1 is 0.486 bits per heavy atom. The second-order valence-electron chi connectivity index (χ2n) is 7.27. The SMILES string of the molecule is CCCCCC(=O)OCCOCCOCCOCCOCCOCCOCCOCCOCCI. The zero-order valence-corrected chi connectivity index (χ0v) is 23.7. The summed E-state index contributed by atoms with van der Waals surface area (Å²) in [6.07, 6.45) is 3.52. The first-order valence-corrected chi connectivity index (χ1v) is 14.2. The highest BCUT2D eigenvalue weighted by Crippen LogP contribution is 2.00. The van der Waals surface area contributed by atoms with Gasteiger partial charge in [-0.25, -0.2) is 0 Å². The molecule has 11 heteroatoms. The zero-order valence-electron chi connectivity index (χ0n) is 21.5. The van der Waals surface area contributed by atoms with Gasteiger partial charge >= 0.3 is 5.97 Å². The fourth-order valence-corrected chi connectivity index (χ4v) is 2.81. The first-order chi connectivity index (χ1) is 17.3. The van der Waals surface area contributed by atoms with Gasteiger partial charge in [0.1, 0.15) is 6.61 Å². The van der Waals surface area contributed by atoms with Crippen LogP contribution in [0.1, 0.15) is 32.6 Å². The fourth-order valence-electron chi connectivity index (χ4n) is 2.50. The van der Waals surface area contributed by atoms with Crippen LogP contribution in [-0.4, -0.2) is 123 Å². The molecule has 0 rings (SSSR count). The van der Waals surface area contributed by atoms with Crippen molar-refractivity contribution in [1.82, 2.24) is 0 Å². The molecule has 0 spiro atoms. The van der Waals surface area contributed by atoms with Crippen molar-refractivity contribution in [2.24, 2.45) is 0 Å². The van der Waals surface area contributed by atoms with E-state index in [0.29, 0.717) is 106 Å². The molecule has 0 radical (unpaired) electrons. The number of carbonyl (C=O) groups excluding carboxylic acids is 1. The van der Waals surface area contributed by atoms with E-state index < -0.39 is 0 Å². The Kier molecular flexibility index (Phi) is 31.8. The van der Waals surface area contributed by atoms with E-state index in [9.17, 15) is 4.79 Å². The number of unbranched alkanes of at least 4 members (excludes halogenated alkanes) is 2. The number of rotatable bonds is 30. The minimum Gasteiger partial charge on any atom is -0.463 e. The summed E-state index contributed by atoms with van der Waals surface area (Å²) in [6, 6.07) is 0. The van der Waals surface area contributed by atoms with Crippen LogP contribution in [0.4, 0.5) is 0 Å². The lowest BCUT2D eigenvalue weighted by atomic mass is 10.2.